The highest BCUT2D eigenvalue weighted by Gasteiger charge is 2.05. The number of hydrogen-bond acceptors (Lipinski definition) is 3. The van der Waals surface area contributed by atoms with Gasteiger partial charge in [-0.2, -0.15) is 5.26 Å². The maximum Gasteiger partial charge on any atom is 0.0670 e. The number of nitriles is 1. The summed E-state index contributed by atoms with van der Waals surface area (Å²) in [5.74, 6) is 0.520. The van der Waals surface area contributed by atoms with Crippen LogP contribution in [0.25, 0.3) is 0 Å². The first-order valence-electron chi connectivity index (χ1n) is 7.25. The minimum atomic E-state index is 0.349. The molecule has 1 atom stereocenters. The first-order valence-corrected chi connectivity index (χ1v) is 7.25. The molecule has 2 aromatic rings. The van der Waals surface area contributed by atoms with Crippen molar-refractivity contribution in [1.82, 2.24) is 0 Å². The molecular weight excluding hydrogens is 258 g/mol. The van der Waals surface area contributed by atoms with Gasteiger partial charge in [0.2, 0.25) is 0 Å². The summed E-state index contributed by atoms with van der Waals surface area (Å²) in [6, 6.07) is 18.4. The number of nitrogen functional groups attached to an aromatic ring is 1. The summed E-state index contributed by atoms with van der Waals surface area (Å²) in [6.45, 7) is 3.13. The monoisotopic (exact) mass is 279 g/mol. The fourth-order valence-corrected chi connectivity index (χ4v) is 2.34. The zero-order valence-corrected chi connectivity index (χ0v) is 12.3. The van der Waals surface area contributed by atoms with Crippen LogP contribution in [-0.2, 0) is 6.42 Å². The first kappa shape index (κ1) is 14.9. The highest BCUT2D eigenvalue weighted by Crippen LogP contribution is 2.21. The Morgan fingerprint density at radius 3 is 2.67 bits per heavy atom. The molecule has 0 radical (unpaired) electrons. The van der Waals surface area contributed by atoms with E-state index in [2.05, 4.69) is 42.6 Å². The fraction of sp³-hybridized carbons (Fsp3) is 0.278. The second kappa shape index (κ2) is 7.35. The second-order valence-corrected chi connectivity index (χ2v) is 5.28. The summed E-state index contributed by atoms with van der Waals surface area (Å²) in [5, 5.41) is 12.2. The van der Waals surface area contributed by atoms with Crippen molar-refractivity contribution in [3.8, 4) is 6.07 Å². The SMILES string of the molecule is CC(CCNc1ccc(N)c(CC#N)c1)c1ccccc1. The van der Waals surface area contributed by atoms with Crippen molar-refractivity contribution in [3.63, 3.8) is 0 Å². The largest absolute Gasteiger partial charge is 0.398 e. The zero-order chi connectivity index (χ0) is 15.1. The molecule has 3 nitrogen and oxygen atoms in total. The van der Waals surface area contributed by atoms with Gasteiger partial charge in [0.15, 0.2) is 0 Å². The van der Waals surface area contributed by atoms with E-state index in [1.165, 1.54) is 5.56 Å². The quantitative estimate of drug-likeness (QED) is 0.787. The summed E-state index contributed by atoms with van der Waals surface area (Å²) in [7, 11) is 0. The highest BCUT2D eigenvalue weighted by molar-refractivity contribution is 5.58. The predicted molar refractivity (Wildman–Crippen MR) is 88.1 cm³/mol. The van der Waals surface area contributed by atoms with Crippen molar-refractivity contribution in [1.29, 1.82) is 5.26 Å². The molecule has 0 heterocycles. The number of rotatable bonds is 6. The molecule has 1 unspecified atom stereocenters. The van der Waals surface area contributed by atoms with Gasteiger partial charge >= 0.3 is 0 Å². The van der Waals surface area contributed by atoms with Gasteiger partial charge in [-0.15, -0.1) is 0 Å². The van der Waals surface area contributed by atoms with Gasteiger partial charge in [-0.25, -0.2) is 0 Å². The lowest BCUT2D eigenvalue weighted by atomic mass is 9.98. The predicted octanol–water partition coefficient (Wildman–Crippen LogP) is 3.94. The molecule has 2 aromatic carbocycles. The summed E-state index contributed by atoms with van der Waals surface area (Å²) < 4.78 is 0. The van der Waals surface area contributed by atoms with Crippen LogP contribution in [0.5, 0.6) is 0 Å². The van der Waals surface area contributed by atoms with E-state index in [9.17, 15) is 0 Å². The minimum Gasteiger partial charge on any atom is -0.398 e. The molecule has 0 fully saturated rings. The van der Waals surface area contributed by atoms with Crippen LogP contribution < -0.4 is 11.1 Å². The van der Waals surface area contributed by atoms with Gasteiger partial charge in [0, 0.05) is 17.9 Å². The van der Waals surface area contributed by atoms with Gasteiger partial charge in [0.1, 0.15) is 0 Å². The molecule has 0 amide bonds. The van der Waals surface area contributed by atoms with E-state index in [1.807, 2.05) is 24.3 Å². The van der Waals surface area contributed by atoms with Crippen molar-refractivity contribution in [3.05, 3.63) is 59.7 Å². The van der Waals surface area contributed by atoms with Crippen molar-refractivity contribution >= 4 is 11.4 Å². The number of anilines is 2. The van der Waals surface area contributed by atoms with Gasteiger partial charge in [-0.1, -0.05) is 37.3 Å². The van der Waals surface area contributed by atoms with E-state index in [0.717, 1.165) is 24.2 Å². The van der Waals surface area contributed by atoms with Crippen molar-refractivity contribution in [2.75, 3.05) is 17.6 Å². The number of nitrogens with one attached hydrogen (secondary N) is 1. The molecule has 0 aliphatic heterocycles. The molecule has 3 N–H and O–H groups in total. The van der Waals surface area contributed by atoms with Crippen LogP contribution in [0.15, 0.2) is 48.5 Å². The molecule has 0 bridgehead atoms. The van der Waals surface area contributed by atoms with Crippen LogP contribution in [0.2, 0.25) is 0 Å². The van der Waals surface area contributed by atoms with E-state index >= 15 is 0 Å². The maximum absolute atomic E-state index is 8.78. The average molecular weight is 279 g/mol. The summed E-state index contributed by atoms with van der Waals surface area (Å²) >= 11 is 0. The molecule has 21 heavy (non-hydrogen) atoms. The Balaban J connectivity index is 1.89. The summed E-state index contributed by atoms with van der Waals surface area (Å²) in [4.78, 5) is 0. The lowest BCUT2D eigenvalue weighted by Gasteiger charge is -2.14. The van der Waals surface area contributed by atoms with Crippen molar-refractivity contribution in [2.24, 2.45) is 0 Å². The van der Waals surface area contributed by atoms with Crippen LogP contribution in [0.4, 0.5) is 11.4 Å². The average Bonchev–Trinajstić information content (AvgIpc) is 2.51. The highest BCUT2D eigenvalue weighted by atomic mass is 14.9. The van der Waals surface area contributed by atoms with Crippen LogP contribution in [-0.4, -0.2) is 6.54 Å². The third-order valence-corrected chi connectivity index (χ3v) is 3.69. The van der Waals surface area contributed by atoms with Gasteiger partial charge in [-0.05, 0) is 41.7 Å². The van der Waals surface area contributed by atoms with Gasteiger partial charge < -0.3 is 11.1 Å². The molecule has 0 aliphatic carbocycles. The van der Waals surface area contributed by atoms with Gasteiger partial charge in [0.25, 0.3) is 0 Å². The van der Waals surface area contributed by atoms with Crippen molar-refractivity contribution in [2.45, 2.75) is 25.7 Å². The lowest BCUT2D eigenvalue weighted by molar-refractivity contribution is 0.706. The van der Waals surface area contributed by atoms with E-state index in [0.29, 0.717) is 18.0 Å². The van der Waals surface area contributed by atoms with Crippen LogP contribution >= 0.6 is 0 Å². The number of hydrogen-bond donors (Lipinski definition) is 2. The Kier molecular flexibility index (Phi) is 5.22. The van der Waals surface area contributed by atoms with Crippen LogP contribution in [0, 0.1) is 11.3 Å². The number of nitrogens with zero attached hydrogens (tertiary/aromatic N) is 1. The summed E-state index contributed by atoms with van der Waals surface area (Å²) in [5.41, 5.74) is 9.80. The Morgan fingerprint density at radius 1 is 1.19 bits per heavy atom. The second-order valence-electron chi connectivity index (χ2n) is 5.28. The molecule has 0 spiro atoms. The van der Waals surface area contributed by atoms with Gasteiger partial charge in [0.05, 0.1) is 12.5 Å². The molecule has 2 rings (SSSR count). The number of benzene rings is 2. The molecular formula is C18H21N3. The van der Waals surface area contributed by atoms with Crippen molar-refractivity contribution < 1.29 is 0 Å². The fourth-order valence-electron chi connectivity index (χ4n) is 2.34. The number of nitrogens with two attached hydrogens (primary N) is 1. The zero-order valence-electron chi connectivity index (χ0n) is 12.3. The standard InChI is InChI=1S/C18H21N3/c1-14(15-5-3-2-4-6-15)10-12-21-17-7-8-18(20)16(13-17)9-11-19/h2-8,13-14,21H,9-10,12,20H2,1H3. The molecule has 0 aliphatic rings. The van der Waals surface area contributed by atoms with Crippen LogP contribution in [0.3, 0.4) is 0 Å². The molecule has 0 saturated carbocycles. The van der Waals surface area contributed by atoms with E-state index in [1.54, 1.807) is 0 Å². The molecule has 3 heteroatoms. The van der Waals surface area contributed by atoms with Gasteiger partial charge in [-0.3, -0.25) is 0 Å². The minimum absolute atomic E-state index is 0.349. The molecule has 108 valence electrons. The molecule has 0 saturated heterocycles. The topological polar surface area (TPSA) is 61.8 Å². The third-order valence-electron chi connectivity index (χ3n) is 3.69. The Labute approximate surface area is 126 Å². The first-order chi connectivity index (χ1) is 10.2. The Morgan fingerprint density at radius 2 is 1.95 bits per heavy atom. The van der Waals surface area contributed by atoms with E-state index in [-0.39, 0.29) is 0 Å². The Hall–Kier alpha value is -2.47. The Bertz CT molecular complexity index is 614. The van der Waals surface area contributed by atoms with E-state index in [4.69, 9.17) is 11.0 Å². The normalized spacial score (nSPS) is 11.6. The van der Waals surface area contributed by atoms with E-state index < -0.39 is 0 Å². The van der Waals surface area contributed by atoms with Crippen LogP contribution in [0.1, 0.15) is 30.4 Å². The smallest absolute Gasteiger partial charge is 0.0670 e. The molecule has 0 aromatic heterocycles. The third kappa shape index (κ3) is 4.25. The summed E-state index contributed by atoms with van der Waals surface area (Å²) in [6.07, 6.45) is 1.41. The maximum atomic E-state index is 8.78. The lowest BCUT2D eigenvalue weighted by Crippen LogP contribution is -2.06.